The highest BCUT2D eigenvalue weighted by Crippen LogP contribution is 2.17. The van der Waals surface area contributed by atoms with Crippen molar-refractivity contribution in [3.63, 3.8) is 0 Å². The Labute approximate surface area is 138 Å². The molecule has 1 aliphatic rings. The maximum Gasteiger partial charge on any atom is 0.0892 e. The summed E-state index contributed by atoms with van der Waals surface area (Å²) in [5, 5.41) is 0. The average Bonchev–Trinajstić information content (AvgIpc) is 2.57. The van der Waals surface area contributed by atoms with E-state index >= 15 is 0 Å². The highest BCUT2D eigenvalue weighted by atomic mass is 15.2. The van der Waals surface area contributed by atoms with Crippen molar-refractivity contribution in [3.05, 3.63) is 53.9 Å². The molecule has 0 saturated carbocycles. The lowest BCUT2D eigenvalue weighted by Crippen LogP contribution is -2.44. The maximum atomic E-state index is 4.44. The van der Waals surface area contributed by atoms with Gasteiger partial charge in [-0.2, -0.15) is 0 Å². The third kappa shape index (κ3) is 4.47. The molecule has 23 heavy (non-hydrogen) atoms. The zero-order valence-electron chi connectivity index (χ0n) is 13.9. The van der Waals surface area contributed by atoms with Gasteiger partial charge in [-0.1, -0.05) is 12.2 Å². The van der Waals surface area contributed by atoms with Crippen molar-refractivity contribution in [1.82, 2.24) is 19.8 Å². The summed E-state index contributed by atoms with van der Waals surface area (Å²) >= 11 is 0. The number of nitrogens with zero attached hydrogens (tertiary/aromatic N) is 4. The third-order valence-electron chi connectivity index (χ3n) is 4.23. The molecule has 1 saturated heterocycles. The van der Waals surface area contributed by atoms with Crippen molar-refractivity contribution in [2.24, 2.45) is 0 Å². The fraction of sp³-hybridized carbons (Fsp3) is 0.368. The minimum Gasteiger partial charge on any atom is -0.304 e. The van der Waals surface area contributed by atoms with E-state index < -0.39 is 0 Å². The van der Waals surface area contributed by atoms with Crippen LogP contribution in [0.3, 0.4) is 0 Å². The van der Waals surface area contributed by atoms with Gasteiger partial charge < -0.3 is 4.90 Å². The first-order valence-corrected chi connectivity index (χ1v) is 8.17. The van der Waals surface area contributed by atoms with E-state index in [-0.39, 0.29) is 0 Å². The molecular formula is C19H24N4. The summed E-state index contributed by atoms with van der Waals surface area (Å²) in [5.41, 5.74) is 4.23. The van der Waals surface area contributed by atoms with Gasteiger partial charge in [-0.15, -0.1) is 0 Å². The Bertz CT molecular complexity index is 673. The number of aromatic nitrogens is 2. The SMILES string of the molecule is Cc1ccnc(-c2cc(/C=C/CN3CCN(C)CC3)ccn2)c1. The van der Waals surface area contributed by atoms with Crippen molar-refractivity contribution in [1.29, 1.82) is 0 Å². The fourth-order valence-electron chi connectivity index (χ4n) is 2.74. The molecule has 0 spiro atoms. The van der Waals surface area contributed by atoms with Gasteiger partial charge in [-0.25, -0.2) is 0 Å². The van der Waals surface area contributed by atoms with Crippen LogP contribution in [0.25, 0.3) is 17.5 Å². The highest BCUT2D eigenvalue weighted by Gasteiger charge is 2.11. The van der Waals surface area contributed by atoms with Crippen LogP contribution < -0.4 is 0 Å². The Balaban J connectivity index is 1.64. The van der Waals surface area contributed by atoms with E-state index in [0.717, 1.165) is 44.1 Å². The van der Waals surface area contributed by atoms with Crippen LogP contribution in [-0.4, -0.2) is 59.5 Å². The predicted molar refractivity (Wildman–Crippen MR) is 95.2 cm³/mol. The second-order valence-electron chi connectivity index (χ2n) is 6.20. The maximum absolute atomic E-state index is 4.44. The lowest BCUT2D eigenvalue weighted by Gasteiger charge is -2.31. The number of hydrogen-bond donors (Lipinski definition) is 0. The lowest BCUT2D eigenvalue weighted by atomic mass is 10.1. The molecule has 3 heterocycles. The summed E-state index contributed by atoms with van der Waals surface area (Å²) < 4.78 is 0. The van der Waals surface area contributed by atoms with Crippen LogP contribution in [-0.2, 0) is 0 Å². The van der Waals surface area contributed by atoms with Crippen LogP contribution in [0.1, 0.15) is 11.1 Å². The average molecular weight is 308 g/mol. The van der Waals surface area contributed by atoms with E-state index in [0.29, 0.717) is 0 Å². The zero-order chi connectivity index (χ0) is 16.1. The molecule has 1 aliphatic heterocycles. The predicted octanol–water partition coefficient (Wildman–Crippen LogP) is 2.71. The van der Waals surface area contributed by atoms with Crippen LogP contribution in [0, 0.1) is 6.92 Å². The zero-order valence-corrected chi connectivity index (χ0v) is 13.9. The first kappa shape index (κ1) is 15.8. The number of pyridine rings is 2. The van der Waals surface area contributed by atoms with E-state index in [1.165, 1.54) is 11.1 Å². The Morgan fingerprint density at radius 1 is 1.00 bits per heavy atom. The second-order valence-corrected chi connectivity index (χ2v) is 6.20. The molecule has 0 radical (unpaired) electrons. The summed E-state index contributed by atoms with van der Waals surface area (Å²) in [5.74, 6) is 0. The second kappa shape index (κ2) is 7.49. The van der Waals surface area contributed by atoms with Gasteiger partial charge in [0, 0.05) is 45.1 Å². The van der Waals surface area contributed by atoms with Crippen LogP contribution >= 0.6 is 0 Å². The third-order valence-corrected chi connectivity index (χ3v) is 4.23. The molecule has 4 heteroatoms. The Morgan fingerprint density at radius 2 is 1.70 bits per heavy atom. The number of likely N-dealkylation sites (N-methyl/N-ethyl adjacent to an activating group) is 1. The van der Waals surface area contributed by atoms with E-state index in [2.05, 4.69) is 58.0 Å². The number of aryl methyl sites for hydroxylation is 1. The number of hydrogen-bond acceptors (Lipinski definition) is 4. The number of piperazine rings is 1. The first-order chi connectivity index (χ1) is 11.2. The van der Waals surface area contributed by atoms with Crippen LogP contribution in [0.2, 0.25) is 0 Å². The fourth-order valence-corrected chi connectivity index (χ4v) is 2.74. The van der Waals surface area contributed by atoms with Gasteiger partial charge in [0.15, 0.2) is 0 Å². The van der Waals surface area contributed by atoms with Gasteiger partial charge in [-0.3, -0.25) is 14.9 Å². The summed E-state index contributed by atoms with van der Waals surface area (Å²) in [4.78, 5) is 13.7. The molecule has 120 valence electrons. The van der Waals surface area contributed by atoms with Crippen molar-refractivity contribution in [2.45, 2.75) is 6.92 Å². The summed E-state index contributed by atoms with van der Waals surface area (Å²) in [6, 6.07) is 8.21. The van der Waals surface area contributed by atoms with Crippen molar-refractivity contribution in [3.8, 4) is 11.4 Å². The molecule has 0 amide bonds. The highest BCUT2D eigenvalue weighted by molar-refractivity contribution is 5.60. The summed E-state index contributed by atoms with van der Waals surface area (Å²) in [7, 11) is 2.19. The van der Waals surface area contributed by atoms with Crippen LogP contribution in [0.4, 0.5) is 0 Å². The largest absolute Gasteiger partial charge is 0.304 e. The standard InChI is InChI=1S/C19H24N4/c1-16-5-7-20-18(14-16)19-15-17(6-8-21-19)4-3-9-23-12-10-22(2)11-13-23/h3-8,14-15H,9-13H2,1-2H3/b4-3+. The van der Waals surface area contributed by atoms with Crippen molar-refractivity contribution < 1.29 is 0 Å². The number of rotatable bonds is 4. The van der Waals surface area contributed by atoms with E-state index in [1.807, 2.05) is 24.5 Å². The molecule has 2 aromatic rings. The van der Waals surface area contributed by atoms with Gasteiger partial charge in [-0.05, 0) is 49.4 Å². The molecule has 3 rings (SSSR count). The van der Waals surface area contributed by atoms with Gasteiger partial charge in [0.2, 0.25) is 0 Å². The quantitative estimate of drug-likeness (QED) is 0.869. The lowest BCUT2D eigenvalue weighted by molar-refractivity contribution is 0.167. The molecular weight excluding hydrogens is 284 g/mol. The van der Waals surface area contributed by atoms with Gasteiger partial charge in [0.05, 0.1) is 11.4 Å². The van der Waals surface area contributed by atoms with Gasteiger partial charge >= 0.3 is 0 Å². The molecule has 0 atom stereocenters. The normalized spacial score (nSPS) is 17.0. The summed E-state index contributed by atoms with van der Waals surface area (Å²) in [6.07, 6.45) is 8.12. The van der Waals surface area contributed by atoms with E-state index in [4.69, 9.17) is 0 Å². The minimum atomic E-state index is 0.926. The summed E-state index contributed by atoms with van der Waals surface area (Å²) in [6.45, 7) is 7.70. The van der Waals surface area contributed by atoms with Crippen LogP contribution in [0.15, 0.2) is 42.7 Å². The molecule has 0 unspecified atom stereocenters. The van der Waals surface area contributed by atoms with Crippen molar-refractivity contribution in [2.75, 3.05) is 39.8 Å². The molecule has 0 aliphatic carbocycles. The van der Waals surface area contributed by atoms with Gasteiger partial charge in [0.25, 0.3) is 0 Å². The minimum absolute atomic E-state index is 0.926. The molecule has 2 aromatic heterocycles. The van der Waals surface area contributed by atoms with Gasteiger partial charge in [0.1, 0.15) is 0 Å². The van der Waals surface area contributed by atoms with Crippen molar-refractivity contribution >= 4 is 6.08 Å². The Kier molecular flexibility index (Phi) is 5.16. The smallest absolute Gasteiger partial charge is 0.0892 e. The molecule has 0 aromatic carbocycles. The first-order valence-electron chi connectivity index (χ1n) is 8.17. The monoisotopic (exact) mass is 308 g/mol. The van der Waals surface area contributed by atoms with E-state index in [1.54, 1.807) is 0 Å². The molecule has 4 nitrogen and oxygen atoms in total. The van der Waals surface area contributed by atoms with E-state index in [9.17, 15) is 0 Å². The molecule has 1 fully saturated rings. The topological polar surface area (TPSA) is 32.3 Å². The Morgan fingerprint density at radius 3 is 2.43 bits per heavy atom. The molecule has 0 N–H and O–H groups in total. The Hall–Kier alpha value is -2.04. The molecule has 0 bridgehead atoms. The van der Waals surface area contributed by atoms with Crippen LogP contribution in [0.5, 0.6) is 0 Å².